The number of carbonyl (C=O) groups is 1. The second kappa shape index (κ2) is 20.5. The fraction of sp³-hybridized carbons (Fsp3) is 0.418. The van der Waals surface area contributed by atoms with Gasteiger partial charge in [-0.25, -0.2) is 31.3 Å². The topological polar surface area (TPSA) is 194 Å². The number of H-pyrrole nitrogens is 1. The first kappa shape index (κ1) is 51.2. The number of anilines is 2. The third-order valence-electron chi connectivity index (χ3n) is 16.0. The van der Waals surface area contributed by atoms with E-state index in [0.717, 1.165) is 81.1 Å². The highest BCUT2D eigenvalue weighted by molar-refractivity contribution is 7.90. The maximum atomic E-state index is 15.6. The normalized spacial score (nSPS) is 19.7. The van der Waals surface area contributed by atoms with E-state index in [9.17, 15) is 32.1 Å². The van der Waals surface area contributed by atoms with Gasteiger partial charge in [0.05, 0.1) is 16.7 Å². The number of nitrogens with zero attached hydrogens (tertiary/aromatic N) is 5. The Balaban J connectivity index is 0.810. The molecule has 3 saturated heterocycles. The van der Waals surface area contributed by atoms with Gasteiger partial charge in [0.1, 0.15) is 27.7 Å². The number of sulfonamides is 1. The van der Waals surface area contributed by atoms with Crippen molar-refractivity contribution in [2.45, 2.75) is 87.5 Å². The van der Waals surface area contributed by atoms with Crippen molar-refractivity contribution < 1.29 is 50.3 Å². The van der Waals surface area contributed by atoms with E-state index in [1.54, 1.807) is 30.5 Å². The maximum Gasteiger partial charge on any atom is 0.297 e. The summed E-state index contributed by atoms with van der Waals surface area (Å²) in [5, 5.41) is 16.0. The van der Waals surface area contributed by atoms with Crippen LogP contribution in [0.1, 0.15) is 91.4 Å². The lowest BCUT2D eigenvalue weighted by molar-refractivity contribution is -0.384. The molecule has 11 rings (SSSR count). The maximum absolute atomic E-state index is 15.6. The number of aromatic nitrogens is 2. The number of alkyl halides is 1. The Labute approximate surface area is 437 Å². The average molecular weight is 1070 g/mol. The monoisotopic (exact) mass is 1060 g/mol. The van der Waals surface area contributed by atoms with Crippen molar-refractivity contribution in [3.8, 4) is 23.0 Å². The highest BCUT2D eigenvalue weighted by Gasteiger charge is 2.50. The minimum absolute atomic E-state index is 0.0471. The molecule has 6 heterocycles. The van der Waals surface area contributed by atoms with Crippen LogP contribution in [0, 0.1) is 27.2 Å². The number of nitro benzene ring substituents is 1. The summed E-state index contributed by atoms with van der Waals surface area (Å²) in [4.78, 5) is 39.9. The van der Waals surface area contributed by atoms with Crippen LogP contribution >= 0.6 is 0 Å². The number of aromatic amines is 1. The number of carbonyl (C=O) groups excluding carboxylic acids is 1. The van der Waals surface area contributed by atoms with Gasteiger partial charge in [0.25, 0.3) is 21.6 Å². The fourth-order valence-electron chi connectivity index (χ4n) is 11.8. The minimum Gasteiger partial charge on any atom is -0.455 e. The van der Waals surface area contributed by atoms with Crippen LogP contribution in [0.2, 0.25) is 0 Å². The summed E-state index contributed by atoms with van der Waals surface area (Å²) in [6, 6.07) is 22.6. The lowest BCUT2D eigenvalue weighted by Gasteiger charge is -2.58. The van der Waals surface area contributed by atoms with Crippen molar-refractivity contribution in [3.63, 3.8) is 0 Å². The molecule has 76 heavy (non-hydrogen) atoms. The van der Waals surface area contributed by atoms with E-state index in [1.807, 2.05) is 6.07 Å². The van der Waals surface area contributed by atoms with Crippen LogP contribution in [0.3, 0.4) is 0 Å². The average Bonchev–Trinajstić information content (AvgIpc) is 4.13. The highest BCUT2D eigenvalue weighted by atomic mass is 32.2. The summed E-state index contributed by atoms with van der Waals surface area (Å²) in [5.41, 5.74) is 2.02. The Morgan fingerprint density at radius 1 is 0.947 bits per heavy atom. The number of rotatable bonds is 15. The number of fused-ring (bicyclic) bond motifs is 2. The Kier molecular flexibility index (Phi) is 13.8. The standard InChI is InChI=1S/C55H59F3N8O9S/c1-34(2)40-5-3-4-6-41(40)46-31-63(30-35-7-10-43(56)44(57)23-35)19-20-65(46)38-27-54(28-38)12-17-64(18-13-54)37-8-9-42(47(25-37)75-39-24-36-11-16-59-52(36)60-29-39)53(67)62-76(70,71)48-26-45(66(68)69)49(51-50(48)73-33-74-51)61-32-55(58)14-21-72-22-15-55/h3-11,16,23-26,29,34,38,46,61H,12-15,17-22,27-28,30-33H2,1-2H3,(H,59,60)(H,62,67)/t46-/m0/s1. The summed E-state index contributed by atoms with van der Waals surface area (Å²) in [6.45, 7) is 8.35. The molecule has 4 aliphatic heterocycles. The molecule has 4 fully saturated rings. The molecule has 1 spiro atoms. The van der Waals surface area contributed by atoms with Crippen LogP contribution in [0.5, 0.6) is 23.0 Å². The van der Waals surface area contributed by atoms with E-state index < -0.39 is 55.5 Å². The molecule has 0 unspecified atom stereocenters. The van der Waals surface area contributed by atoms with Gasteiger partial charge >= 0.3 is 0 Å². The van der Waals surface area contributed by atoms with Gasteiger partial charge in [-0.15, -0.1) is 0 Å². The number of hydrogen-bond donors (Lipinski definition) is 3. The Bertz CT molecular complexity index is 3300. The minimum atomic E-state index is -4.90. The van der Waals surface area contributed by atoms with Crippen molar-refractivity contribution in [2.75, 3.05) is 69.5 Å². The first-order valence-electron chi connectivity index (χ1n) is 25.7. The van der Waals surface area contributed by atoms with Gasteiger partial charge < -0.3 is 34.1 Å². The number of halogens is 3. The van der Waals surface area contributed by atoms with E-state index in [0.29, 0.717) is 24.2 Å². The van der Waals surface area contributed by atoms with Crippen molar-refractivity contribution in [1.82, 2.24) is 24.5 Å². The summed E-state index contributed by atoms with van der Waals surface area (Å²) >= 11 is 0. The molecule has 3 N–H and O–H groups in total. The van der Waals surface area contributed by atoms with Gasteiger partial charge in [0.2, 0.25) is 6.79 Å². The largest absolute Gasteiger partial charge is 0.455 e. The van der Waals surface area contributed by atoms with Crippen LogP contribution < -0.4 is 29.1 Å². The molecular formula is C55H59F3N8O9S. The molecule has 5 aliphatic rings. The molecule has 1 aliphatic carbocycles. The second-order valence-electron chi connectivity index (χ2n) is 21.1. The number of amides is 1. The zero-order valence-electron chi connectivity index (χ0n) is 42.2. The summed E-state index contributed by atoms with van der Waals surface area (Å²) in [7, 11) is -4.90. The van der Waals surface area contributed by atoms with Gasteiger partial charge in [-0.3, -0.25) is 24.7 Å². The van der Waals surface area contributed by atoms with Gasteiger partial charge in [0, 0.05) is 113 Å². The molecule has 1 amide bonds. The number of piperidine rings is 1. The molecular weight excluding hydrogens is 1010 g/mol. The third kappa shape index (κ3) is 10.2. The number of nitro groups is 1. The van der Waals surface area contributed by atoms with Crippen LogP contribution in [0.15, 0.2) is 96.2 Å². The van der Waals surface area contributed by atoms with Gasteiger partial charge in [-0.05, 0) is 90.1 Å². The first-order valence-corrected chi connectivity index (χ1v) is 27.2. The van der Waals surface area contributed by atoms with Crippen molar-refractivity contribution in [3.05, 3.63) is 135 Å². The number of piperazine rings is 1. The number of nitrogens with one attached hydrogen (secondary N) is 3. The molecule has 21 heteroatoms. The summed E-state index contributed by atoms with van der Waals surface area (Å²) in [5.74, 6) is -2.78. The number of pyridine rings is 1. The predicted molar refractivity (Wildman–Crippen MR) is 277 cm³/mol. The quantitative estimate of drug-likeness (QED) is 0.0650. The lowest BCUT2D eigenvalue weighted by atomic mass is 9.59. The number of hydrogen-bond acceptors (Lipinski definition) is 14. The Morgan fingerprint density at radius 3 is 2.49 bits per heavy atom. The molecule has 1 saturated carbocycles. The van der Waals surface area contributed by atoms with Gasteiger partial charge in [-0.1, -0.05) is 44.2 Å². The third-order valence-corrected chi connectivity index (χ3v) is 17.3. The zero-order valence-corrected chi connectivity index (χ0v) is 43.0. The van der Waals surface area contributed by atoms with E-state index in [4.69, 9.17) is 18.9 Å². The Morgan fingerprint density at radius 2 is 1.72 bits per heavy atom. The van der Waals surface area contributed by atoms with E-state index >= 15 is 4.39 Å². The molecule has 4 aromatic carbocycles. The first-order chi connectivity index (χ1) is 36.5. The Hall–Kier alpha value is -6.94. The van der Waals surface area contributed by atoms with Gasteiger partial charge in [-0.2, -0.15) is 0 Å². The number of benzene rings is 4. The molecule has 400 valence electrons. The predicted octanol–water partition coefficient (Wildman–Crippen LogP) is 9.75. The SMILES string of the molecule is CC(C)c1ccccc1[C@@H]1CN(Cc2ccc(F)c(F)c2)CCN1C1CC2(CCN(c3ccc(C(=O)NS(=O)(=O)c4cc([N+](=O)[O-])c(NCC5(F)CCOCC5)c5c4OCO5)c(Oc4cnc5[nH]ccc5c4)c3)CC2)C1. The molecule has 0 radical (unpaired) electrons. The zero-order chi connectivity index (χ0) is 52.9. The van der Waals surface area contributed by atoms with Crippen LogP contribution in [0.4, 0.5) is 30.2 Å². The van der Waals surface area contributed by atoms with Gasteiger partial charge in [0.15, 0.2) is 28.8 Å². The molecule has 0 bridgehead atoms. The highest BCUT2D eigenvalue weighted by Crippen LogP contribution is 2.54. The van der Waals surface area contributed by atoms with E-state index in [2.05, 4.69) is 72.8 Å². The van der Waals surface area contributed by atoms with Crippen molar-refractivity contribution in [2.24, 2.45) is 5.41 Å². The van der Waals surface area contributed by atoms with E-state index in [-0.39, 0.29) is 78.3 Å². The van der Waals surface area contributed by atoms with Crippen molar-refractivity contribution >= 4 is 44.0 Å². The van der Waals surface area contributed by atoms with Crippen LogP contribution in [-0.4, -0.2) is 110 Å². The molecule has 1 atom stereocenters. The molecule has 17 nitrogen and oxygen atoms in total. The lowest BCUT2D eigenvalue weighted by Crippen LogP contribution is -2.60. The summed E-state index contributed by atoms with van der Waals surface area (Å²) in [6.07, 6.45) is 7.27. The van der Waals surface area contributed by atoms with Crippen LogP contribution in [-0.2, 0) is 21.3 Å². The smallest absolute Gasteiger partial charge is 0.297 e. The van der Waals surface area contributed by atoms with E-state index in [1.165, 1.54) is 35.5 Å². The molecule has 2 aromatic heterocycles. The molecule has 6 aromatic rings. The summed E-state index contributed by atoms with van der Waals surface area (Å²) < 4.78 is 96.9. The number of ether oxygens (including phenoxy) is 4. The van der Waals surface area contributed by atoms with Crippen molar-refractivity contribution in [1.29, 1.82) is 0 Å². The fourth-order valence-corrected chi connectivity index (χ4v) is 12.9. The second-order valence-corrected chi connectivity index (χ2v) is 22.7. The van der Waals surface area contributed by atoms with Crippen LogP contribution in [0.25, 0.3) is 11.0 Å².